The number of piperazine rings is 1. The number of aliphatic imine (C=N–C) groups is 1. The highest BCUT2D eigenvalue weighted by Crippen LogP contribution is 2.42. The number of nitrogens with zero attached hydrogens (tertiary/aromatic N) is 4. The van der Waals surface area contributed by atoms with Crippen LogP contribution in [0.4, 0.5) is 30.2 Å². The summed E-state index contributed by atoms with van der Waals surface area (Å²) in [6, 6.07) is 19.0. The molecule has 1 N–H and O–H groups in total. The molecule has 0 spiro atoms. The molecule has 37 heavy (non-hydrogen) atoms. The molecular weight excluding hydrogens is 505 g/mol. The molecule has 5 rings (SSSR count). The van der Waals surface area contributed by atoms with Gasteiger partial charge in [0.25, 0.3) is 0 Å². The Balaban J connectivity index is 1.54. The Bertz CT molecular complexity index is 1340. The molecule has 10 heteroatoms. The zero-order valence-electron chi connectivity index (χ0n) is 19.7. The molecule has 192 valence electrons. The number of guanidine groups is 1. The van der Waals surface area contributed by atoms with Crippen LogP contribution in [-0.2, 0) is 11.0 Å². The number of benzene rings is 3. The minimum absolute atomic E-state index is 0.242. The average Bonchev–Trinajstić information content (AvgIpc) is 2.88. The standard InChI is InChI=1S/C27H24ClF3N4O2/c28-19-6-4-7-20(16-19)33-11-13-34(14-12-33)26-32-23-10-2-1-9-22(23)24(17-25(36)37)35(26)21-8-3-5-18(15-21)27(29,30)31/h1-10,15-16,24H,11-14,17H2,(H,36,37). The Morgan fingerprint density at radius 3 is 2.30 bits per heavy atom. The van der Waals surface area contributed by atoms with Crippen molar-refractivity contribution >= 4 is 40.6 Å². The van der Waals surface area contributed by atoms with Crippen molar-refractivity contribution < 1.29 is 23.1 Å². The maximum atomic E-state index is 13.6. The van der Waals surface area contributed by atoms with E-state index in [0.29, 0.717) is 48.4 Å². The van der Waals surface area contributed by atoms with E-state index in [2.05, 4.69) is 4.90 Å². The number of carbonyl (C=O) groups is 1. The molecule has 2 aliphatic heterocycles. The van der Waals surface area contributed by atoms with Gasteiger partial charge >= 0.3 is 12.1 Å². The normalized spacial score (nSPS) is 17.9. The molecule has 1 unspecified atom stereocenters. The summed E-state index contributed by atoms with van der Waals surface area (Å²) in [5.41, 5.74) is 1.70. The van der Waals surface area contributed by atoms with Gasteiger partial charge < -0.3 is 19.8 Å². The van der Waals surface area contributed by atoms with Crippen molar-refractivity contribution in [3.63, 3.8) is 0 Å². The first-order chi connectivity index (χ1) is 17.7. The quantitative estimate of drug-likeness (QED) is 0.436. The molecule has 3 aromatic rings. The highest BCUT2D eigenvalue weighted by molar-refractivity contribution is 6.30. The molecule has 6 nitrogen and oxygen atoms in total. The number of halogens is 4. The second-order valence-corrected chi connectivity index (χ2v) is 9.39. The van der Waals surface area contributed by atoms with E-state index in [-0.39, 0.29) is 12.1 Å². The summed E-state index contributed by atoms with van der Waals surface area (Å²) < 4.78 is 40.8. The molecule has 3 aromatic carbocycles. The molecule has 0 radical (unpaired) electrons. The van der Waals surface area contributed by atoms with E-state index in [1.165, 1.54) is 6.07 Å². The fraction of sp³-hybridized carbons (Fsp3) is 0.259. The Hall–Kier alpha value is -3.72. The van der Waals surface area contributed by atoms with Crippen LogP contribution in [0, 0.1) is 0 Å². The summed E-state index contributed by atoms with van der Waals surface area (Å²) in [4.78, 5) is 22.6. The Labute approximate surface area is 217 Å². The lowest BCUT2D eigenvalue weighted by atomic mass is 9.97. The van der Waals surface area contributed by atoms with Gasteiger partial charge in [-0.3, -0.25) is 4.79 Å². The number of fused-ring (bicyclic) bond motifs is 1. The van der Waals surface area contributed by atoms with Crippen LogP contribution in [0.15, 0.2) is 77.8 Å². The van der Waals surface area contributed by atoms with Gasteiger partial charge in [0.2, 0.25) is 5.96 Å². The highest BCUT2D eigenvalue weighted by atomic mass is 35.5. The van der Waals surface area contributed by atoms with Gasteiger partial charge in [-0.25, -0.2) is 4.99 Å². The van der Waals surface area contributed by atoms with Gasteiger partial charge in [0.15, 0.2) is 0 Å². The number of rotatable bonds is 4. The van der Waals surface area contributed by atoms with E-state index < -0.39 is 23.8 Å². The number of anilines is 2. The van der Waals surface area contributed by atoms with Crippen molar-refractivity contribution in [1.29, 1.82) is 0 Å². The largest absolute Gasteiger partial charge is 0.481 e. The van der Waals surface area contributed by atoms with E-state index in [4.69, 9.17) is 16.6 Å². The fourth-order valence-corrected chi connectivity index (χ4v) is 5.05. The predicted molar refractivity (Wildman–Crippen MR) is 138 cm³/mol. The average molecular weight is 529 g/mol. The van der Waals surface area contributed by atoms with E-state index in [9.17, 15) is 23.1 Å². The van der Waals surface area contributed by atoms with Crippen molar-refractivity contribution in [2.24, 2.45) is 4.99 Å². The van der Waals surface area contributed by atoms with Crippen LogP contribution >= 0.6 is 11.6 Å². The molecule has 0 amide bonds. The second-order valence-electron chi connectivity index (χ2n) is 8.96. The third-order valence-electron chi connectivity index (χ3n) is 6.60. The zero-order chi connectivity index (χ0) is 26.2. The number of para-hydroxylation sites is 1. The van der Waals surface area contributed by atoms with Crippen molar-refractivity contribution in [3.05, 3.63) is 88.9 Å². The third-order valence-corrected chi connectivity index (χ3v) is 6.83. The number of alkyl halides is 3. The van der Waals surface area contributed by atoms with Gasteiger partial charge in [-0.2, -0.15) is 13.2 Å². The zero-order valence-corrected chi connectivity index (χ0v) is 20.5. The summed E-state index contributed by atoms with van der Waals surface area (Å²) in [7, 11) is 0. The SMILES string of the molecule is O=C(O)CC1c2ccccc2N=C(N2CCN(c3cccc(Cl)c3)CC2)N1c1cccc(C(F)(F)F)c1. The van der Waals surface area contributed by atoms with Gasteiger partial charge in [0.1, 0.15) is 0 Å². The van der Waals surface area contributed by atoms with Crippen LogP contribution in [0.5, 0.6) is 0 Å². The van der Waals surface area contributed by atoms with E-state index in [0.717, 1.165) is 17.8 Å². The van der Waals surface area contributed by atoms with Gasteiger partial charge in [-0.1, -0.05) is 41.9 Å². The number of hydrogen-bond acceptors (Lipinski definition) is 5. The lowest BCUT2D eigenvalue weighted by Crippen LogP contribution is -2.55. The van der Waals surface area contributed by atoms with E-state index in [1.807, 2.05) is 35.2 Å². The molecule has 0 bridgehead atoms. The summed E-state index contributed by atoms with van der Waals surface area (Å²) >= 11 is 6.16. The first-order valence-electron chi connectivity index (χ1n) is 11.8. The lowest BCUT2D eigenvalue weighted by Gasteiger charge is -2.45. The van der Waals surface area contributed by atoms with Gasteiger partial charge in [0.05, 0.1) is 23.7 Å². The van der Waals surface area contributed by atoms with Crippen LogP contribution in [0.2, 0.25) is 5.02 Å². The maximum Gasteiger partial charge on any atom is 0.416 e. The second kappa shape index (κ2) is 9.97. The summed E-state index contributed by atoms with van der Waals surface area (Å²) in [6.45, 7) is 2.37. The first kappa shape index (κ1) is 25.0. The van der Waals surface area contributed by atoms with Crippen LogP contribution in [0.1, 0.15) is 23.6 Å². The fourth-order valence-electron chi connectivity index (χ4n) is 4.87. The molecule has 0 aromatic heterocycles. The van der Waals surface area contributed by atoms with Crippen molar-refractivity contribution in [1.82, 2.24) is 4.90 Å². The van der Waals surface area contributed by atoms with Crippen LogP contribution in [-0.4, -0.2) is 48.1 Å². The molecule has 0 aliphatic carbocycles. The number of carboxylic acid groups (broad SMARTS) is 1. The van der Waals surface area contributed by atoms with Crippen molar-refractivity contribution in [2.75, 3.05) is 36.0 Å². The number of hydrogen-bond donors (Lipinski definition) is 1. The number of carboxylic acids is 1. The summed E-state index contributed by atoms with van der Waals surface area (Å²) in [6.07, 6.45) is -4.83. The molecule has 1 saturated heterocycles. The Kier molecular flexibility index (Phi) is 6.72. The lowest BCUT2D eigenvalue weighted by molar-refractivity contribution is -0.138. The molecule has 0 saturated carbocycles. The molecule has 1 fully saturated rings. The van der Waals surface area contributed by atoms with Crippen molar-refractivity contribution in [3.8, 4) is 0 Å². The summed E-state index contributed by atoms with van der Waals surface area (Å²) in [5, 5.41) is 10.4. The predicted octanol–water partition coefficient (Wildman–Crippen LogP) is 6.20. The maximum absolute atomic E-state index is 13.6. The van der Waals surface area contributed by atoms with Gasteiger partial charge in [0, 0.05) is 48.1 Å². The minimum atomic E-state index is -4.54. The van der Waals surface area contributed by atoms with E-state index in [1.54, 1.807) is 29.2 Å². The molecule has 2 aliphatic rings. The van der Waals surface area contributed by atoms with Gasteiger partial charge in [-0.05, 0) is 42.5 Å². The van der Waals surface area contributed by atoms with E-state index >= 15 is 0 Å². The summed E-state index contributed by atoms with van der Waals surface area (Å²) in [5.74, 6) is -0.612. The first-order valence-corrected chi connectivity index (χ1v) is 12.2. The van der Waals surface area contributed by atoms with Crippen LogP contribution in [0.25, 0.3) is 0 Å². The molecule has 1 atom stereocenters. The van der Waals surface area contributed by atoms with Crippen molar-refractivity contribution in [2.45, 2.75) is 18.6 Å². The van der Waals surface area contributed by atoms with Crippen LogP contribution in [0.3, 0.4) is 0 Å². The third kappa shape index (κ3) is 5.22. The Morgan fingerprint density at radius 2 is 1.59 bits per heavy atom. The smallest absolute Gasteiger partial charge is 0.416 e. The monoisotopic (exact) mass is 528 g/mol. The number of aliphatic carboxylic acids is 1. The Morgan fingerprint density at radius 1 is 0.919 bits per heavy atom. The molecular formula is C27H24ClF3N4O2. The van der Waals surface area contributed by atoms with Gasteiger partial charge in [-0.15, -0.1) is 0 Å². The highest BCUT2D eigenvalue weighted by Gasteiger charge is 2.38. The topological polar surface area (TPSA) is 59.4 Å². The van der Waals surface area contributed by atoms with Crippen LogP contribution < -0.4 is 9.80 Å². The minimum Gasteiger partial charge on any atom is -0.481 e. The molecule has 2 heterocycles.